The van der Waals surface area contributed by atoms with E-state index in [-0.39, 0.29) is 28.5 Å². The molecular weight excluding hydrogens is 283 g/mol. The molecule has 0 spiro atoms. The SMILES string of the molecule is Nc1nc(N)nc(SCC(=O)Nc2ccccc2F)n1. The number of nitrogens with two attached hydrogens (primary N) is 2. The van der Waals surface area contributed by atoms with Gasteiger partial charge in [-0.3, -0.25) is 4.79 Å². The van der Waals surface area contributed by atoms with Crippen LogP contribution in [0.3, 0.4) is 0 Å². The molecule has 0 radical (unpaired) electrons. The number of hydrogen-bond acceptors (Lipinski definition) is 7. The minimum Gasteiger partial charge on any atom is -0.368 e. The average Bonchev–Trinajstić information content (AvgIpc) is 2.38. The van der Waals surface area contributed by atoms with E-state index in [4.69, 9.17) is 11.5 Å². The first-order valence-corrected chi connectivity index (χ1v) is 6.47. The fourth-order valence-electron chi connectivity index (χ4n) is 1.33. The molecule has 7 nitrogen and oxygen atoms in total. The highest BCUT2D eigenvalue weighted by molar-refractivity contribution is 7.99. The number of nitrogen functional groups attached to an aromatic ring is 2. The molecule has 0 aliphatic heterocycles. The van der Waals surface area contributed by atoms with Gasteiger partial charge in [0.25, 0.3) is 0 Å². The van der Waals surface area contributed by atoms with Gasteiger partial charge in [0.2, 0.25) is 17.8 Å². The highest BCUT2D eigenvalue weighted by Crippen LogP contribution is 2.16. The van der Waals surface area contributed by atoms with Gasteiger partial charge < -0.3 is 16.8 Å². The summed E-state index contributed by atoms with van der Waals surface area (Å²) in [6, 6.07) is 5.89. The molecule has 5 N–H and O–H groups in total. The normalized spacial score (nSPS) is 10.2. The number of amides is 1. The summed E-state index contributed by atoms with van der Waals surface area (Å²) in [6.45, 7) is 0. The quantitative estimate of drug-likeness (QED) is 0.717. The van der Waals surface area contributed by atoms with Crippen LogP contribution in [-0.2, 0) is 4.79 Å². The van der Waals surface area contributed by atoms with E-state index >= 15 is 0 Å². The van der Waals surface area contributed by atoms with Crippen LogP contribution in [0.5, 0.6) is 0 Å². The van der Waals surface area contributed by atoms with Gasteiger partial charge in [0.1, 0.15) is 5.82 Å². The number of nitrogens with one attached hydrogen (secondary N) is 1. The Labute approximate surface area is 118 Å². The van der Waals surface area contributed by atoms with Crippen LogP contribution in [0.25, 0.3) is 0 Å². The fourth-order valence-corrected chi connectivity index (χ4v) is 1.98. The van der Waals surface area contributed by atoms with Crippen molar-refractivity contribution in [1.29, 1.82) is 0 Å². The van der Waals surface area contributed by atoms with Crippen LogP contribution in [0.2, 0.25) is 0 Å². The minimum absolute atomic E-state index is 0.00275. The minimum atomic E-state index is -0.500. The summed E-state index contributed by atoms with van der Waals surface area (Å²) in [5, 5.41) is 2.68. The lowest BCUT2D eigenvalue weighted by atomic mass is 10.3. The zero-order valence-corrected chi connectivity index (χ0v) is 11.0. The number of anilines is 3. The van der Waals surface area contributed by atoms with Crippen LogP contribution in [0, 0.1) is 5.82 Å². The van der Waals surface area contributed by atoms with Gasteiger partial charge in [0.05, 0.1) is 11.4 Å². The molecule has 2 aromatic rings. The summed E-state index contributed by atoms with van der Waals surface area (Å²) in [4.78, 5) is 22.9. The Balaban J connectivity index is 1.94. The van der Waals surface area contributed by atoms with Crippen LogP contribution in [0.4, 0.5) is 22.0 Å². The summed E-state index contributed by atoms with van der Waals surface area (Å²) in [5.41, 5.74) is 10.9. The van der Waals surface area contributed by atoms with Crippen LogP contribution in [0.1, 0.15) is 0 Å². The number of benzene rings is 1. The van der Waals surface area contributed by atoms with Gasteiger partial charge in [0.15, 0.2) is 5.16 Å². The number of rotatable bonds is 4. The summed E-state index contributed by atoms with van der Waals surface area (Å²) in [6.07, 6.45) is 0. The monoisotopic (exact) mass is 294 g/mol. The molecule has 0 atom stereocenters. The van der Waals surface area contributed by atoms with E-state index in [0.717, 1.165) is 11.8 Å². The Morgan fingerprint density at radius 3 is 2.50 bits per heavy atom. The lowest BCUT2D eigenvalue weighted by Gasteiger charge is -2.05. The molecule has 0 aliphatic carbocycles. The number of aromatic nitrogens is 3. The Morgan fingerprint density at radius 1 is 1.20 bits per heavy atom. The number of nitrogens with zero attached hydrogens (tertiary/aromatic N) is 3. The highest BCUT2D eigenvalue weighted by Gasteiger charge is 2.09. The van der Waals surface area contributed by atoms with Crippen molar-refractivity contribution in [3.05, 3.63) is 30.1 Å². The van der Waals surface area contributed by atoms with Crippen molar-refractivity contribution in [2.45, 2.75) is 5.16 Å². The zero-order valence-electron chi connectivity index (χ0n) is 10.2. The standard InChI is InChI=1S/C11H11FN6OS/c12-6-3-1-2-4-7(6)15-8(19)5-20-11-17-9(13)16-10(14)18-11/h1-4H,5H2,(H,15,19)(H4,13,14,16,17,18). The van der Waals surface area contributed by atoms with Crippen LogP contribution in [0.15, 0.2) is 29.4 Å². The summed E-state index contributed by atoms with van der Waals surface area (Å²) in [7, 11) is 0. The van der Waals surface area contributed by atoms with Crippen LogP contribution < -0.4 is 16.8 Å². The third-order valence-electron chi connectivity index (χ3n) is 2.13. The van der Waals surface area contributed by atoms with Crippen molar-refractivity contribution < 1.29 is 9.18 Å². The summed E-state index contributed by atoms with van der Waals surface area (Å²) < 4.78 is 13.3. The van der Waals surface area contributed by atoms with Gasteiger partial charge in [-0.05, 0) is 12.1 Å². The predicted octanol–water partition coefficient (Wildman–Crippen LogP) is 0.906. The molecule has 104 valence electrons. The maximum absolute atomic E-state index is 13.3. The number of halogens is 1. The van der Waals surface area contributed by atoms with Crippen molar-refractivity contribution in [3.63, 3.8) is 0 Å². The fraction of sp³-hybridized carbons (Fsp3) is 0.0909. The van der Waals surface area contributed by atoms with Crippen molar-refractivity contribution >= 4 is 35.3 Å². The van der Waals surface area contributed by atoms with Gasteiger partial charge >= 0.3 is 0 Å². The van der Waals surface area contributed by atoms with E-state index in [1.54, 1.807) is 6.07 Å². The van der Waals surface area contributed by atoms with E-state index in [9.17, 15) is 9.18 Å². The van der Waals surface area contributed by atoms with Crippen molar-refractivity contribution in [2.24, 2.45) is 0 Å². The van der Waals surface area contributed by atoms with Gasteiger partial charge in [-0.15, -0.1) is 0 Å². The van der Waals surface area contributed by atoms with Gasteiger partial charge in [-0.2, -0.15) is 15.0 Å². The maximum Gasteiger partial charge on any atom is 0.234 e. The molecule has 20 heavy (non-hydrogen) atoms. The van der Waals surface area contributed by atoms with Crippen LogP contribution in [-0.4, -0.2) is 26.6 Å². The maximum atomic E-state index is 13.3. The first-order valence-electron chi connectivity index (χ1n) is 5.49. The molecule has 0 saturated carbocycles. The smallest absolute Gasteiger partial charge is 0.234 e. The molecule has 2 rings (SSSR count). The molecule has 1 heterocycles. The number of para-hydroxylation sites is 1. The molecule has 1 aromatic heterocycles. The van der Waals surface area contributed by atoms with Crippen molar-refractivity contribution in [2.75, 3.05) is 22.5 Å². The van der Waals surface area contributed by atoms with Gasteiger partial charge in [-0.1, -0.05) is 23.9 Å². The zero-order chi connectivity index (χ0) is 14.5. The first kappa shape index (κ1) is 14.0. The Hall–Kier alpha value is -2.42. The van der Waals surface area contributed by atoms with E-state index in [1.807, 2.05) is 0 Å². The third-order valence-corrected chi connectivity index (χ3v) is 2.98. The predicted molar refractivity (Wildman–Crippen MR) is 74.4 cm³/mol. The molecule has 9 heteroatoms. The topological polar surface area (TPSA) is 120 Å². The molecule has 0 unspecified atom stereocenters. The number of carbonyl (C=O) groups excluding carboxylic acids is 1. The van der Waals surface area contributed by atoms with E-state index < -0.39 is 11.7 Å². The first-order chi connectivity index (χ1) is 9.54. The number of thioether (sulfide) groups is 1. The highest BCUT2D eigenvalue weighted by atomic mass is 32.2. The Morgan fingerprint density at radius 2 is 1.85 bits per heavy atom. The van der Waals surface area contributed by atoms with Crippen molar-refractivity contribution in [1.82, 2.24) is 15.0 Å². The second kappa shape index (κ2) is 6.15. The second-order valence-electron chi connectivity index (χ2n) is 3.65. The van der Waals surface area contributed by atoms with E-state index in [1.165, 1.54) is 18.2 Å². The van der Waals surface area contributed by atoms with Crippen LogP contribution >= 0.6 is 11.8 Å². The lowest BCUT2D eigenvalue weighted by Crippen LogP contribution is -2.15. The molecule has 1 amide bonds. The van der Waals surface area contributed by atoms with E-state index in [0.29, 0.717) is 0 Å². The lowest BCUT2D eigenvalue weighted by molar-refractivity contribution is -0.113. The molecule has 1 aromatic carbocycles. The molecule has 0 aliphatic rings. The van der Waals surface area contributed by atoms with Gasteiger partial charge in [-0.25, -0.2) is 4.39 Å². The second-order valence-corrected chi connectivity index (χ2v) is 4.59. The molecular formula is C11H11FN6OS. The largest absolute Gasteiger partial charge is 0.368 e. The molecule has 0 fully saturated rings. The Bertz CT molecular complexity index is 618. The van der Waals surface area contributed by atoms with E-state index in [2.05, 4.69) is 20.3 Å². The van der Waals surface area contributed by atoms with Gasteiger partial charge in [0, 0.05) is 0 Å². The number of carbonyl (C=O) groups is 1. The van der Waals surface area contributed by atoms with Crippen molar-refractivity contribution in [3.8, 4) is 0 Å². The summed E-state index contributed by atoms with van der Waals surface area (Å²) in [5.74, 6) is -0.932. The average molecular weight is 294 g/mol. The molecule has 0 bridgehead atoms. The third kappa shape index (κ3) is 3.79. The Kier molecular flexibility index (Phi) is 4.31. The molecule has 0 saturated heterocycles. The summed E-state index contributed by atoms with van der Waals surface area (Å²) >= 11 is 1.03. The number of hydrogen-bond donors (Lipinski definition) is 3.